The van der Waals surface area contributed by atoms with Crippen LogP contribution in [-0.2, 0) is 32.6 Å². The van der Waals surface area contributed by atoms with Crippen LogP contribution < -0.4 is 5.32 Å². The van der Waals surface area contributed by atoms with Crippen LogP contribution in [-0.4, -0.2) is 48.9 Å². The number of hydrogen-bond acceptors (Lipinski definition) is 5. The molecule has 2 heterocycles. The summed E-state index contributed by atoms with van der Waals surface area (Å²) in [6.45, 7) is 8.54. The smallest absolute Gasteiger partial charge is 0.341 e. The molecule has 1 aromatic carbocycles. The van der Waals surface area contributed by atoms with Crippen molar-refractivity contribution in [2.75, 3.05) is 19.7 Å². The topological polar surface area (TPSA) is 97.7 Å². The third-order valence-corrected chi connectivity index (χ3v) is 8.64. The minimum absolute atomic E-state index is 0.0101. The van der Waals surface area contributed by atoms with Gasteiger partial charge in [0, 0.05) is 48.5 Å². The summed E-state index contributed by atoms with van der Waals surface area (Å²) in [5.74, 6) is -1.000. The second-order valence-corrected chi connectivity index (χ2v) is 10.7. The first-order valence-corrected chi connectivity index (χ1v) is 13.3. The van der Waals surface area contributed by atoms with Gasteiger partial charge in [0.2, 0.25) is 15.9 Å². The molecule has 1 saturated heterocycles. The third-order valence-electron chi connectivity index (χ3n) is 6.33. The average molecular weight is 510 g/mol. The normalized spacial score (nSPS) is 15.3. The number of nitrogens with one attached hydrogen (secondary N) is 1. The monoisotopic (exact) mass is 509 g/mol. The van der Waals surface area contributed by atoms with E-state index < -0.39 is 16.0 Å². The van der Waals surface area contributed by atoms with Gasteiger partial charge < -0.3 is 14.6 Å². The number of benzene rings is 1. The summed E-state index contributed by atoms with van der Waals surface area (Å²) in [6.07, 6.45) is 0.819. The van der Waals surface area contributed by atoms with Crippen molar-refractivity contribution in [3.05, 3.63) is 51.8 Å². The van der Waals surface area contributed by atoms with E-state index in [0.717, 1.165) is 5.56 Å². The van der Waals surface area contributed by atoms with Gasteiger partial charge in [0.25, 0.3) is 0 Å². The number of nitrogens with zero attached hydrogens (tertiary/aromatic N) is 2. The van der Waals surface area contributed by atoms with Crippen molar-refractivity contribution in [3.8, 4) is 0 Å². The van der Waals surface area contributed by atoms with E-state index in [9.17, 15) is 18.0 Å². The number of aromatic nitrogens is 1. The molecule has 1 aliphatic rings. The lowest BCUT2D eigenvalue weighted by atomic mass is 9.97. The first-order valence-electron chi connectivity index (χ1n) is 11.5. The highest BCUT2D eigenvalue weighted by Crippen LogP contribution is 2.32. The van der Waals surface area contributed by atoms with E-state index >= 15 is 0 Å². The van der Waals surface area contributed by atoms with E-state index in [2.05, 4.69) is 5.32 Å². The Balaban J connectivity index is 1.73. The maximum atomic E-state index is 13.6. The van der Waals surface area contributed by atoms with Gasteiger partial charge in [-0.25, -0.2) is 13.2 Å². The number of ether oxygens (including phenoxy) is 1. The highest BCUT2D eigenvalue weighted by Gasteiger charge is 2.38. The predicted octanol–water partition coefficient (Wildman–Crippen LogP) is 3.67. The highest BCUT2D eigenvalue weighted by molar-refractivity contribution is 7.89. The molecule has 0 aliphatic carbocycles. The molecule has 1 amide bonds. The van der Waals surface area contributed by atoms with Gasteiger partial charge in [0.15, 0.2) is 0 Å². The van der Waals surface area contributed by atoms with Gasteiger partial charge in [-0.3, -0.25) is 4.79 Å². The van der Waals surface area contributed by atoms with Crippen LogP contribution in [0.1, 0.15) is 54.0 Å². The third kappa shape index (κ3) is 5.31. The van der Waals surface area contributed by atoms with Crippen LogP contribution in [0.5, 0.6) is 0 Å². The fourth-order valence-electron chi connectivity index (χ4n) is 4.51. The number of halogens is 1. The molecule has 0 unspecified atom stereocenters. The lowest BCUT2D eigenvalue weighted by Gasteiger charge is -2.30. The summed E-state index contributed by atoms with van der Waals surface area (Å²) < 4.78 is 35.6. The summed E-state index contributed by atoms with van der Waals surface area (Å²) in [5.41, 5.74) is 2.14. The maximum absolute atomic E-state index is 13.6. The molecular formula is C24H32ClN3O5S. The molecule has 3 rings (SSSR count). The van der Waals surface area contributed by atoms with Gasteiger partial charge in [0.1, 0.15) is 10.5 Å². The Morgan fingerprint density at radius 2 is 1.71 bits per heavy atom. The standard InChI is InChI=1S/C24H32ClN3O5S/c1-5-28-16(3)21(24(30)33-6-2)22(17(28)4)34(31,32)27-13-11-19(12-14-27)23(29)26-15-18-7-9-20(25)10-8-18/h7-10,19H,5-6,11-15H2,1-4H3,(H,26,29). The van der Waals surface area contributed by atoms with Gasteiger partial charge >= 0.3 is 5.97 Å². The Bertz CT molecular complexity index is 1150. The second kappa shape index (κ2) is 10.9. The van der Waals surface area contributed by atoms with Gasteiger partial charge in [0.05, 0.1) is 6.61 Å². The molecule has 0 spiro atoms. The molecule has 2 aromatic rings. The van der Waals surface area contributed by atoms with Gasteiger partial charge in [-0.1, -0.05) is 23.7 Å². The van der Waals surface area contributed by atoms with Crippen molar-refractivity contribution in [1.82, 2.24) is 14.2 Å². The lowest BCUT2D eigenvalue weighted by molar-refractivity contribution is -0.126. The summed E-state index contributed by atoms with van der Waals surface area (Å²) in [5, 5.41) is 3.56. The maximum Gasteiger partial charge on any atom is 0.341 e. The number of amides is 1. The molecule has 34 heavy (non-hydrogen) atoms. The number of rotatable bonds is 8. The van der Waals surface area contributed by atoms with Crippen LogP contribution >= 0.6 is 11.6 Å². The Morgan fingerprint density at radius 3 is 2.26 bits per heavy atom. The average Bonchev–Trinajstić information content (AvgIpc) is 3.08. The molecule has 186 valence electrons. The molecule has 0 saturated carbocycles. The van der Waals surface area contributed by atoms with Crippen LogP contribution in [0.4, 0.5) is 0 Å². The summed E-state index contributed by atoms with van der Waals surface area (Å²) in [7, 11) is -3.94. The molecule has 1 aliphatic heterocycles. The fraction of sp³-hybridized carbons (Fsp3) is 0.500. The molecule has 0 atom stereocenters. The SMILES string of the molecule is CCOC(=O)c1c(S(=O)(=O)N2CCC(C(=O)NCc3ccc(Cl)cc3)CC2)c(C)n(CC)c1C. The van der Waals surface area contributed by atoms with Crippen LogP contribution in [0.25, 0.3) is 0 Å². The number of esters is 1. The molecule has 0 bridgehead atoms. The minimum Gasteiger partial charge on any atom is -0.462 e. The number of sulfonamides is 1. The van der Waals surface area contributed by atoms with Crippen molar-refractivity contribution in [2.45, 2.75) is 58.5 Å². The van der Waals surface area contributed by atoms with E-state index in [1.54, 1.807) is 32.9 Å². The zero-order valence-electron chi connectivity index (χ0n) is 20.1. The Morgan fingerprint density at radius 1 is 1.09 bits per heavy atom. The zero-order chi connectivity index (χ0) is 25.0. The van der Waals surface area contributed by atoms with Crippen LogP contribution in [0.15, 0.2) is 29.2 Å². The minimum atomic E-state index is -3.94. The lowest BCUT2D eigenvalue weighted by Crippen LogP contribution is -2.43. The van der Waals surface area contributed by atoms with Crippen LogP contribution in [0, 0.1) is 19.8 Å². The number of hydrogen-bond donors (Lipinski definition) is 1. The Hall–Kier alpha value is -2.36. The number of carbonyl (C=O) groups excluding carboxylic acids is 2. The Kier molecular flexibility index (Phi) is 8.43. The largest absolute Gasteiger partial charge is 0.462 e. The first-order chi connectivity index (χ1) is 16.1. The number of piperidine rings is 1. The van der Waals surface area contributed by atoms with E-state index in [-0.39, 0.29) is 42.0 Å². The van der Waals surface area contributed by atoms with Gasteiger partial charge in [-0.05, 0) is 58.2 Å². The first kappa shape index (κ1) is 26.2. The molecule has 1 fully saturated rings. The van der Waals surface area contributed by atoms with Crippen molar-refractivity contribution in [3.63, 3.8) is 0 Å². The molecule has 10 heteroatoms. The quantitative estimate of drug-likeness (QED) is 0.547. The zero-order valence-corrected chi connectivity index (χ0v) is 21.6. The van der Waals surface area contributed by atoms with E-state index in [1.165, 1.54) is 4.31 Å². The molecule has 1 N–H and O–H groups in total. The summed E-state index contributed by atoms with van der Waals surface area (Å²) in [4.78, 5) is 25.3. The van der Waals surface area contributed by atoms with Crippen molar-refractivity contribution in [1.29, 1.82) is 0 Å². The highest BCUT2D eigenvalue weighted by atomic mass is 35.5. The fourth-order valence-corrected chi connectivity index (χ4v) is 6.56. The molecular weight excluding hydrogens is 478 g/mol. The molecule has 8 nitrogen and oxygen atoms in total. The van der Waals surface area contributed by atoms with E-state index in [1.807, 2.05) is 23.6 Å². The van der Waals surface area contributed by atoms with Crippen LogP contribution in [0.3, 0.4) is 0 Å². The summed E-state index contributed by atoms with van der Waals surface area (Å²) >= 11 is 5.89. The van der Waals surface area contributed by atoms with Crippen molar-refractivity contribution < 1.29 is 22.7 Å². The van der Waals surface area contributed by atoms with Crippen LogP contribution in [0.2, 0.25) is 5.02 Å². The van der Waals surface area contributed by atoms with Gasteiger partial charge in [-0.15, -0.1) is 0 Å². The van der Waals surface area contributed by atoms with E-state index in [4.69, 9.17) is 16.3 Å². The summed E-state index contributed by atoms with van der Waals surface area (Å²) in [6, 6.07) is 7.25. The van der Waals surface area contributed by atoms with Crippen molar-refractivity contribution in [2.24, 2.45) is 5.92 Å². The van der Waals surface area contributed by atoms with Crippen molar-refractivity contribution >= 4 is 33.5 Å². The Labute approximate surface area is 206 Å². The molecule has 0 radical (unpaired) electrons. The van der Waals surface area contributed by atoms with E-state index in [0.29, 0.717) is 42.3 Å². The second-order valence-electron chi connectivity index (χ2n) is 8.36. The molecule has 1 aromatic heterocycles. The number of carbonyl (C=O) groups is 2. The predicted molar refractivity (Wildman–Crippen MR) is 130 cm³/mol. The van der Waals surface area contributed by atoms with Gasteiger partial charge in [-0.2, -0.15) is 4.31 Å².